The number of aliphatic hydroxyl groups is 2. The van der Waals surface area contributed by atoms with Gasteiger partial charge in [0.25, 0.3) is 5.91 Å². The molecule has 7 heteroatoms. The smallest absolute Gasteiger partial charge is 0.255 e. The first kappa shape index (κ1) is 31.2. The molecular formula is C33H44N2O5. The Hall–Kier alpha value is -3.29. The van der Waals surface area contributed by atoms with Gasteiger partial charge in [-0.05, 0) is 49.6 Å². The Morgan fingerprint density at radius 2 is 1.70 bits per heavy atom. The van der Waals surface area contributed by atoms with Gasteiger partial charge in [-0.1, -0.05) is 81.9 Å². The van der Waals surface area contributed by atoms with Crippen LogP contribution in [0.1, 0.15) is 87.9 Å². The number of benzene rings is 2. The van der Waals surface area contributed by atoms with Crippen LogP contribution >= 0.6 is 0 Å². The van der Waals surface area contributed by atoms with Gasteiger partial charge in [-0.15, -0.1) is 0 Å². The molecule has 3 rings (SSSR count). The third kappa shape index (κ3) is 10.4. The summed E-state index contributed by atoms with van der Waals surface area (Å²) in [6, 6.07) is 16.1. The highest BCUT2D eigenvalue weighted by Gasteiger charge is 2.39. The van der Waals surface area contributed by atoms with E-state index >= 15 is 0 Å². The van der Waals surface area contributed by atoms with Gasteiger partial charge in [0, 0.05) is 41.6 Å². The highest BCUT2D eigenvalue weighted by Crippen LogP contribution is 2.34. The monoisotopic (exact) mass is 548 g/mol. The minimum atomic E-state index is -0.678. The molecule has 0 aliphatic heterocycles. The molecule has 7 nitrogen and oxygen atoms in total. The van der Waals surface area contributed by atoms with Crippen LogP contribution in [0, 0.1) is 11.8 Å². The molecule has 0 unspecified atom stereocenters. The molecular weight excluding hydrogens is 504 g/mol. The normalized spacial score (nSPS) is 19.6. The van der Waals surface area contributed by atoms with Crippen LogP contribution in [0.2, 0.25) is 0 Å². The van der Waals surface area contributed by atoms with Gasteiger partial charge in [0.2, 0.25) is 5.91 Å². The fourth-order valence-corrected chi connectivity index (χ4v) is 5.24. The minimum Gasteiger partial charge on any atom is -0.392 e. The van der Waals surface area contributed by atoms with Crippen molar-refractivity contribution in [1.82, 2.24) is 0 Å². The van der Waals surface area contributed by atoms with E-state index in [1.165, 1.54) is 0 Å². The molecule has 4 atom stereocenters. The molecule has 2 amide bonds. The van der Waals surface area contributed by atoms with Crippen molar-refractivity contribution in [1.29, 1.82) is 0 Å². The zero-order chi connectivity index (χ0) is 28.7. The van der Waals surface area contributed by atoms with Crippen LogP contribution in [0.4, 0.5) is 11.4 Å². The molecule has 4 N–H and O–H groups in total. The maximum atomic E-state index is 12.5. The topological polar surface area (TPSA) is 116 Å². The number of amides is 2. The van der Waals surface area contributed by atoms with Crippen molar-refractivity contribution in [3.8, 4) is 0 Å². The number of hydrogen-bond acceptors (Lipinski definition) is 5. The van der Waals surface area contributed by atoms with E-state index in [-0.39, 0.29) is 35.9 Å². The van der Waals surface area contributed by atoms with Gasteiger partial charge in [-0.25, -0.2) is 0 Å². The average molecular weight is 549 g/mol. The highest BCUT2D eigenvalue weighted by molar-refractivity contribution is 6.05. The summed E-state index contributed by atoms with van der Waals surface area (Å²) in [5.41, 5.74) is 1.75. The van der Waals surface area contributed by atoms with E-state index in [1.807, 2.05) is 36.4 Å². The van der Waals surface area contributed by atoms with Crippen molar-refractivity contribution in [3.05, 3.63) is 72.3 Å². The molecule has 216 valence electrons. The first-order valence-electron chi connectivity index (χ1n) is 14.7. The quantitative estimate of drug-likeness (QED) is 0.146. The second-order valence-electron chi connectivity index (χ2n) is 10.8. The fraction of sp³-hybridized carbons (Fsp3) is 0.485. The second kappa shape index (κ2) is 16.7. The zero-order valence-corrected chi connectivity index (χ0v) is 23.6. The number of hydrogen-bond donors (Lipinski definition) is 4. The molecule has 0 bridgehead atoms. The third-order valence-corrected chi connectivity index (χ3v) is 7.50. The van der Waals surface area contributed by atoms with Crippen molar-refractivity contribution in [3.63, 3.8) is 0 Å². The Kier molecular flexibility index (Phi) is 13.1. The fourth-order valence-electron chi connectivity index (χ4n) is 5.24. The molecule has 0 aromatic heterocycles. The van der Waals surface area contributed by atoms with Gasteiger partial charge in [-0.2, -0.15) is 0 Å². The Balaban J connectivity index is 1.35. The van der Waals surface area contributed by atoms with Crippen molar-refractivity contribution < 1.29 is 24.6 Å². The maximum absolute atomic E-state index is 12.5. The summed E-state index contributed by atoms with van der Waals surface area (Å²) in [6.45, 7) is 2.12. The number of Topliss-reactive ketones (excluding diaryl/α,β-unsaturated/α-hetero) is 1. The van der Waals surface area contributed by atoms with Crippen molar-refractivity contribution >= 4 is 29.0 Å². The summed E-state index contributed by atoms with van der Waals surface area (Å²) < 4.78 is 0. The third-order valence-electron chi connectivity index (χ3n) is 7.50. The van der Waals surface area contributed by atoms with Gasteiger partial charge >= 0.3 is 0 Å². The van der Waals surface area contributed by atoms with Crippen molar-refractivity contribution in [2.45, 2.75) is 89.8 Å². The molecule has 1 saturated carbocycles. The zero-order valence-electron chi connectivity index (χ0n) is 23.6. The lowest BCUT2D eigenvalue weighted by Crippen LogP contribution is -2.19. The number of carbonyl (C=O) groups excluding carboxylic acids is 3. The first-order valence-corrected chi connectivity index (χ1v) is 14.7. The van der Waals surface area contributed by atoms with E-state index in [2.05, 4.69) is 17.6 Å². The molecule has 1 aliphatic rings. The maximum Gasteiger partial charge on any atom is 0.255 e. The molecule has 2 aromatic rings. The first-order chi connectivity index (χ1) is 19.4. The van der Waals surface area contributed by atoms with Crippen LogP contribution in [0.15, 0.2) is 66.7 Å². The summed E-state index contributed by atoms with van der Waals surface area (Å²) >= 11 is 0. The standard InChI is InChI=1S/C33H44N2O5/c1-2-3-7-17-27(36)20-21-29-28(30(37)23-31(29)38)18-10-4-5-11-19-32(39)34-26-16-12-13-24(22-26)33(40)35-25-14-8-6-9-15-25/h6,8-9,12-16,20-22,27-29,31,36,38H,2-5,7,10-11,17-19,23H2,1H3,(H,34,39)(H,35,40)/b21-20+/t27-,28+,29+,31+/m0/s1. The summed E-state index contributed by atoms with van der Waals surface area (Å²) in [4.78, 5) is 37.4. The number of para-hydroxylation sites is 1. The molecule has 2 aromatic carbocycles. The number of rotatable bonds is 16. The molecule has 1 aliphatic carbocycles. The summed E-state index contributed by atoms with van der Waals surface area (Å²) in [5.74, 6) is -0.677. The molecule has 1 fully saturated rings. The Morgan fingerprint density at radius 1 is 0.950 bits per heavy atom. The molecule has 40 heavy (non-hydrogen) atoms. The number of aliphatic hydroxyl groups excluding tert-OH is 2. The SMILES string of the molecule is CCCCC[C@H](O)/C=C/[C@H]1[C@H](O)CC(=O)[C@@H]1CCCCCCC(=O)Nc1cccc(C(=O)Nc2ccccc2)c1. The lowest BCUT2D eigenvalue weighted by atomic mass is 9.88. The van der Waals surface area contributed by atoms with E-state index in [4.69, 9.17) is 0 Å². The molecule has 0 saturated heterocycles. The van der Waals surface area contributed by atoms with Crippen molar-refractivity contribution in [2.75, 3.05) is 10.6 Å². The second-order valence-corrected chi connectivity index (χ2v) is 10.8. The van der Waals surface area contributed by atoms with Crippen LogP contribution in [-0.4, -0.2) is 40.0 Å². The van der Waals surface area contributed by atoms with Crippen LogP contribution < -0.4 is 10.6 Å². The van der Waals surface area contributed by atoms with Crippen LogP contribution in [0.5, 0.6) is 0 Å². The summed E-state index contributed by atoms with van der Waals surface area (Å²) in [5, 5.41) is 26.3. The molecule has 0 radical (unpaired) electrons. The van der Waals surface area contributed by atoms with Gasteiger partial charge in [-0.3, -0.25) is 14.4 Å². The number of nitrogens with one attached hydrogen (secondary N) is 2. The number of carbonyl (C=O) groups is 3. The molecule has 0 spiro atoms. The van der Waals surface area contributed by atoms with E-state index in [9.17, 15) is 24.6 Å². The van der Waals surface area contributed by atoms with E-state index < -0.39 is 12.2 Å². The average Bonchev–Trinajstić information content (AvgIpc) is 3.21. The number of anilines is 2. The largest absolute Gasteiger partial charge is 0.392 e. The lowest BCUT2D eigenvalue weighted by Gasteiger charge is -2.18. The minimum absolute atomic E-state index is 0.0988. The molecule has 0 heterocycles. The van der Waals surface area contributed by atoms with Crippen LogP contribution in [-0.2, 0) is 9.59 Å². The van der Waals surface area contributed by atoms with E-state index in [0.717, 1.165) is 44.9 Å². The van der Waals surface area contributed by atoms with Gasteiger partial charge in [0.15, 0.2) is 0 Å². The van der Waals surface area contributed by atoms with E-state index in [1.54, 1.807) is 30.3 Å². The van der Waals surface area contributed by atoms with Crippen LogP contribution in [0.25, 0.3) is 0 Å². The predicted molar refractivity (Wildman–Crippen MR) is 159 cm³/mol. The summed E-state index contributed by atoms with van der Waals surface area (Å²) in [7, 11) is 0. The summed E-state index contributed by atoms with van der Waals surface area (Å²) in [6.07, 6.45) is 10.9. The van der Waals surface area contributed by atoms with Gasteiger partial charge < -0.3 is 20.8 Å². The van der Waals surface area contributed by atoms with Crippen molar-refractivity contribution in [2.24, 2.45) is 11.8 Å². The lowest BCUT2D eigenvalue weighted by molar-refractivity contribution is -0.121. The van der Waals surface area contributed by atoms with Gasteiger partial charge in [0.1, 0.15) is 5.78 Å². The number of unbranched alkanes of at least 4 members (excludes halogenated alkanes) is 5. The Bertz CT molecular complexity index is 1120. The number of ketones is 1. The highest BCUT2D eigenvalue weighted by atomic mass is 16.3. The van der Waals surface area contributed by atoms with Gasteiger partial charge in [0.05, 0.1) is 12.2 Å². The Morgan fingerprint density at radius 3 is 2.48 bits per heavy atom. The Labute approximate surface area is 238 Å². The predicted octanol–water partition coefficient (Wildman–Crippen LogP) is 6.28. The van der Waals surface area contributed by atoms with E-state index in [0.29, 0.717) is 36.2 Å². The van der Waals surface area contributed by atoms with Crippen LogP contribution in [0.3, 0.4) is 0 Å².